The van der Waals surface area contributed by atoms with Crippen LogP contribution in [0.25, 0.3) is 0 Å². The number of carboxylic acid groups (broad SMARTS) is 2. The lowest BCUT2D eigenvalue weighted by Crippen LogP contribution is -2.02. The van der Waals surface area contributed by atoms with Gasteiger partial charge in [-0.25, -0.2) is 0 Å². The highest BCUT2D eigenvalue weighted by Crippen LogP contribution is 2.05. The number of carboxylic acids is 2. The van der Waals surface area contributed by atoms with E-state index in [1.807, 2.05) is 13.8 Å². The number of unbranched alkanes of at least 4 members (excludes halogenated alkanes) is 4. The Kier molecular flexibility index (Phi) is 26.3. The number of hydrogen-bond acceptors (Lipinski definition) is 6. The normalized spacial score (nSPS) is 12.3. The van der Waals surface area contributed by atoms with Gasteiger partial charge in [0.05, 0.1) is 0 Å². The highest BCUT2D eigenvalue weighted by Gasteiger charge is 1.99. The lowest BCUT2D eigenvalue weighted by atomic mass is 10.1. The Labute approximate surface area is 169 Å². The maximum absolute atomic E-state index is 9.87. The zero-order valence-corrected chi connectivity index (χ0v) is 18.1. The maximum atomic E-state index is 9.87. The zero-order valence-electron chi connectivity index (χ0n) is 16.3. The fourth-order valence-electron chi connectivity index (χ4n) is 1.60. The first kappa shape index (κ1) is 30.3. The molecular weight excluding hydrogens is 376 g/mol. The van der Waals surface area contributed by atoms with E-state index in [0.717, 1.165) is 12.8 Å². The van der Waals surface area contributed by atoms with E-state index in [1.165, 1.54) is 19.3 Å². The van der Waals surface area contributed by atoms with Crippen molar-refractivity contribution in [3.8, 4) is 0 Å². The molecule has 0 saturated heterocycles. The monoisotopic (exact) mass is 414 g/mol. The molecule has 0 saturated carbocycles. The van der Waals surface area contributed by atoms with Crippen LogP contribution < -0.4 is 0 Å². The fraction of sp³-hybridized carbons (Fsp3) is 0.889. The molecule has 0 bridgehead atoms. The number of thiol groups is 2. The molecule has 0 fully saturated rings. The second-order valence-electron chi connectivity index (χ2n) is 6.25. The first-order chi connectivity index (χ1) is 12.0. The summed E-state index contributed by atoms with van der Waals surface area (Å²) in [5.74, 6) is -1.49. The SMILES string of the molecule is CC(S)CCC(=O)O.CC(S)CCC(=O)O.CCCCCCCC(O)O. The third-order valence-corrected chi connectivity index (χ3v) is 3.63. The van der Waals surface area contributed by atoms with Gasteiger partial charge >= 0.3 is 11.9 Å². The third-order valence-electron chi connectivity index (χ3n) is 3.12. The van der Waals surface area contributed by atoms with Gasteiger partial charge in [-0.05, 0) is 36.2 Å². The van der Waals surface area contributed by atoms with Gasteiger partial charge in [0.1, 0.15) is 0 Å². The van der Waals surface area contributed by atoms with Crippen LogP contribution >= 0.6 is 25.3 Å². The van der Waals surface area contributed by atoms with E-state index in [4.69, 9.17) is 20.4 Å². The minimum absolute atomic E-state index is 0.200. The lowest BCUT2D eigenvalue weighted by Gasteiger charge is -2.01. The van der Waals surface area contributed by atoms with Crippen molar-refractivity contribution in [2.45, 2.75) is 102 Å². The first-order valence-electron chi connectivity index (χ1n) is 9.18. The van der Waals surface area contributed by atoms with E-state index in [2.05, 4.69) is 32.2 Å². The average Bonchev–Trinajstić information content (AvgIpc) is 2.52. The van der Waals surface area contributed by atoms with Gasteiger partial charge in [0.15, 0.2) is 6.29 Å². The van der Waals surface area contributed by atoms with Crippen molar-refractivity contribution < 1.29 is 30.0 Å². The van der Waals surface area contributed by atoms with Crippen molar-refractivity contribution in [2.75, 3.05) is 0 Å². The summed E-state index contributed by atoms with van der Waals surface area (Å²) >= 11 is 8.02. The van der Waals surface area contributed by atoms with Crippen LogP contribution in [0.2, 0.25) is 0 Å². The molecule has 0 radical (unpaired) electrons. The molecule has 8 heteroatoms. The van der Waals surface area contributed by atoms with Crippen LogP contribution in [0.5, 0.6) is 0 Å². The largest absolute Gasteiger partial charge is 0.481 e. The molecule has 0 aliphatic rings. The molecule has 0 aliphatic carbocycles. The van der Waals surface area contributed by atoms with Gasteiger partial charge in [0.2, 0.25) is 0 Å². The first-order valence-corrected chi connectivity index (χ1v) is 10.2. The quantitative estimate of drug-likeness (QED) is 0.163. The summed E-state index contributed by atoms with van der Waals surface area (Å²) in [7, 11) is 0. The Balaban J connectivity index is -0.000000308. The van der Waals surface area contributed by atoms with Crippen molar-refractivity contribution >= 4 is 37.2 Å². The molecule has 0 aromatic rings. The standard InChI is InChI=1S/C8H18O2.2C5H10O2S/c1-2-3-4-5-6-7-8(9)10;2*1-4(8)2-3-5(6)7/h8-10H,2-7H2,1H3;2*4,8H,2-3H2,1H3,(H,6,7). The van der Waals surface area contributed by atoms with Gasteiger partial charge in [-0.2, -0.15) is 25.3 Å². The van der Waals surface area contributed by atoms with Gasteiger partial charge < -0.3 is 20.4 Å². The van der Waals surface area contributed by atoms with Crippen LogP contribution in [0.4, 0.5) is 0 Å². The summed E-state index contributed by atoms with van der Waals surface area (Å²) < 4.78 is 0. The second-order valence-corrected chi connectivity index (χ2v) is 8.01. The summed E-state index contributed by atoms with van der Waals surface area (Å²) in [6, 6.07) is 0. The van der Waals surface area contributed by atoms with Crippen molar-refractivity contribution in [2.24, 2.45) is 0 Å². The van der Waals surface area contributed by atoms with E-state index >= 15 is 0 Å². The summed E-state index contributed by atoms with van der Waals surface area (Å²) in [6.07, 6.45) is 6.99. The maximum Gasteiger partial charge on any atom is 0.303 e. The van der Waals surface area contributed by atoms with Crippen LogP contribution in [0.15, 0.2) is 0 Å². The average molecular weight is 415 g/mol. The Morgan fingerprint density at radius 3 is 1.38 bits per heavy atom. The van der Waals surface area contributed by atoms with Gasteiger partial charge in [-0.1, -0.05) is 46.5 Å². The highest BCUT2D eigenvalue weighted by atomic mass is 32.1. The van der Waals surface area contributed by atoms with Crippen molar-refractivity contribution in [3.05, 3.63) is 0 Å². The van der Waals surface area contributed by atoms with E-state index < -0.39 is 18.2 Å². The van der Waals surface area contributed by atoms with Crippen LogP contribution in [0.3, 0.4) is 0 Å². The summed E-state index contributed by atoms with van der Waals surface area (Å²) in [6.45, 7) is 5.93. The second kappa shape index (κ2) is 22.6. The molecule has 0 aromatic carbocycles. The summed E-state index contributed by atoms with van der Waals surface area (Å²) in [5, 5.41) is 33.6. The van der Waals surface area contributed by atoms with Crippen LogP contribution in [-0.4, -0.2) is 49.2 Å². The van der Waals surface area contributed by atoms with Crippen molar-refractivity contribution in [1.29, 1.82) is 0 Å². The van der Waals surface area contributed by atoms with Crippen LogP contribution in [0, 0.1) is 0 Å². The van der Waals surface area contributed by atoms with Gasteiger partial charge in [-0.3, -0.25) is 9.59 Å². The number of hydrogen-bond donors (Lipinski definition) is 6. The predicted molar refractivity (Wildman–Crippen MR) is 112 cm³/mol. The van der Waals surface area contributed by atoms with Crippen LogP contribution in [-0.2, 0) is 9.59 Å². The number of aliphatic hydroxyl groups excluding tert-OH is 1. The lowest BCUT2D eigenvalue weighted by molar-refractivity contribution is -0.138. The number of carbonyl (C=O) groups is 2. The smallest absolute Gasteiger partial charge is 0.303 e. The topological polar surface area (TPSA) is 115 Å². The number of aliphatic carboxylic acids is 2. The Hall–Kier alpha value is -0.440. The van der Waals surface area contributed by atoms with Crippen molar-refractivity contribution in [3.63, 3.8) is 0 Å². The number of rotatable bonds is 12. The minimum atomic E-state index is -1.10. The predicted octanol–water partition coefficient (Wildman–Crippen LogP) is 4.00. The summed E-state index contributed by atoms with van der Waals surface area (Å²) in [5.41, 5.74) is 0. The van der Waals surface area contributed by atoms with Gasteiger partial charge in [-0.15, -0.1) is 0 Å². The third kappa shape index (κ3) is 43.7. The molecule has 158 valence electrons. The zero-order chi connectivity index (χ0) is 21.0. The molecule has 0 aliphatic heterocycles. The molecule has 26 heavy (non-hydrogen) atoms. The number of aliphatic hydroxyl groups is 2. The highest BCUT2D eigenvalue weighted by molar-refractivity contribution is 7.81. The van der Waals surface area contributed by atoms with E-state index in [-0.39, 0.29) is 23.3 Å². The minimum Gasteiger partial charge on any atom is -0.481 e. The van der Waals surface area contributed by atoms with Crippen molar-refractivity contribution in [1.82, 2.24) is 0 Å². The molecule has 4 N–H and O–H groups in total. The molecule has 0 aromatic heterocycles. The molecule has 2 atom stereocenters. The Morgan fingerprint density at radius 1 is 0.769 bits per heavy atom. The van der Waals surface area contributed by atoms with E-state index in [1.54, 1.807) is 0 Å². The van der Waals surface area contributed by atoms with Crippen LogP contribution in [0.1, 0.15) is 85.0 Å². The summed E-state index contributed by atoms with van der Waals surface area (Å²) in [4.78, 5) is 19.7. The van der Waals surface area contributed by atoms with Gasteiger partial charge in [0.25, 0.3) is 0 Å². The molecule has 0 heterocycles. The Bertz CT molecular complexity index is 301. The molecule has 0 spiro atoms. The molecule has 6 nitrogen and oxygen atoms in total. The fourth-order valence-corrected chi connectivity index (χ4v) is 1.85. The molecule has 2 unspecified atom stereocenters. The molecule has 0 amide bonds. The molecular formula is C18H38O6S2. The van der Waals surface area contributed by atoms with E-state index in [0.29, 0.717) is 19.3 Å². The van der Waals surface area contributed by atoms with E-state index in [9.17, 15) is 9.59 Å². The van der Waals surface area contributed by atoms with Gasteiger partial charge in [0, 0.05) is 12.8 Å². The Morgan fingerprint density at radius 2 is 1.15 bits per heavy atom. The molecule has 0 rings (SSSR count).